The minimum atomic E-state index is -3.14. The number of benzene rings is 1. The van der Waals surface area contributed by atoms with Crippen LogP contribution in [0.2, 0.25) is 0 Å². The maximum absolute atomic E-state index is 11.3. The Morgan fingerprint density at radius 3 is 2.54 bits per heavy atom. The number of sulfonamides is 1. The van der Waals surface area contributed by atoms with Crippen LogP contribution in [0.1, 0.15) is 31.7 Å². The molecule has 1 saturated heterocycles. The van der Waals surface area contributed by atoms with Crippen molar-refractivity contribution in [3.8, 4) is 11.3 Å². The first-order valence-electron chi connectivity index (χ1n) is 8.15. The zero-order chi connectivity index (χ0) is 17.2. The standard InChI is InChI=1S/C17H23N3O3S/c1-13(20-10-8-15(9-11-20)19-24(2,21)22)17-18-12-16(23-17)14-6-4-3-5-7-14/h3-7,12-13,15,19H,8-11H2,1-2H3/t13-/m0/s1. The molecule has 1 fully saturated rings. The molecular formula is C17H23N3O3S. The SMILES string of the molecule is C[C@@H](c1ncc(-c2ccccc2)o1)N1CCC(NS(C)(=O)=O)CC1. The molecule has 1 aliphatic rings. The fourth-order valence-electron chi connectivity index (χ4n) is 3.08. The van der Waals surface area contributed by atoms with Crippen molar-refractivity contribution in [3.05, 3.63) is 42.4 Å². The predicted octanol–water partition coefficient (Wildman–Crippen LogP) is 2.42. The van der Waals surface area contributed by atoms with Gasteiger partial charge < -0.3 is 4.42 Å². The van der Waals surface area contributed by atoms with Gasteiger partial charge in [0.05, 0.1) is 18.5 Å². The topological polar surface area (TPSA) is 75.4 Å². The lowest BCUT2D eigenvalue weighted by Gasteiger charge is -2.34. The van der Waals surface area contributed by atoms with Crippen LogP contribution in [-0.4, -0.2) is 43.7 Å². The molecule has 24 heavy (non-hydrogen) atoms. The molecule has 1 atom stereocenters. The largest absolute Gasteiger partial charge is 0.439 e. The lowest BCUT2D eigenvalue weighted by molar-refractivity contribution is 0.141. The molecule has 1 aliphatic heterocycles. The van der Waals surface area contributed by atoms with Crippen LogP contribution in [0.15, 0.2) is 40.9 Å². The number of nitrogens with one attached hydrogen (secondary N) is 1. The highest BCUT2D eigenvalue weighted by Crippen LogP contribution is 2.27. The van der Waals surface area contributed by atoms with Gasteiger partial charge in [-0.15, -0.1) is 0 Å². The summed E-state index contributed by atoms with van der Waals surface area (Å²) >= 11 is 0. The zero-order valence-corrected chi connectivity index (χ0v) is 14.8. The highest BCUT2D eigenvalue weighted by molar-refractivity contribution is 7.88. The summed E-state index contributed by atoms with van der Waals surface area (Å²) in [4.78, 5) is 6.71. The lowest BCUT2D eigenvalue weighted by Crippen LogP contribution is -2.44. The quantitative estimate of drug-likeness (QED) is 0.897. The van der Waals surface area contributed by atoms with Crippen molar-refractivity contribution in [3.63, 3.8) is 0 Å². The fraction of sp³-hybridized carbons (Fsp3) is 0.471. The van der Waals surface area contributed by atoms with Crippen LogP contribution in [0.4, 0.5) is 0 Å². The molecule has 0 spiro atoms. The van der Waals surface area contributed by atoms with Gasteiger partial charge in [0.2, 0.25) is 15.9 Å². The second-order valence-electron chi connectivity index (χ2n) is 6.31. The first-order valence-corrected chi connectivity index (χ1v) is 10.0. The number of likely N-dealkylation sites (tertiary alicyclic amines) is 1. The molecule has 2 heterocycles. The average Bonchev–Trinajstić information content (AvgIpc) is 3.04. The third-order valence-corrected chi connectivity index (χ3v) is 5.16. The molecule has 0 bridgehead atoms. The molecule has 1 N–H and O–H groups in total. The number of piperidine rings is 1. The third-order valence-electron chi connectivity index (χ3n) is 4.40. The molecule has 3 rings (SSSR count). The van der Waals surface area contributed by atoms with Crippen molar-refractivity contribution >= 4 is 10.0 Å². The van der Waals surface area contributed by atoms with Gasteiger partial charge in [-0.3, -0.25) is 4.90 Å². The van der Waals surface area contributed by atoms with Crippen molar-refractivity contribution in [2.24, 2.45) is 0 Å². The summed E-state index contributed by atoms with van der Waals surface area (Å²) in [7, 11) is -3.14. The predicted molar refractivity (Wildman–Crippen MR) is 92.9 cm³/mol. The van der Waals surface area contributed by atoms with E-state index in [0.29, 0.717) is 5.89 Å². The van der Waals surface area contributed by atoms with E-state index in [2.05, 4.69) is 21.5 Å². The van der Waals surface area contributed by atoms with Gasteiger partial charge in [-0.1, -0.05) is 30.3 Å². The number of rotatable bonds is 5. The first kappa shape index (κ1) is 17.1. The maximum atomic E-state index is 11.3. The van der Waals surface area contributed by atoms with Gasteiger partial charge in [0, 0.05) is 24.7 Å². The monoisotopic (exact) mass is 349 g/mol. The summed E-state index contributed by atoms with van der Waals surface area (Å²) in [5.41, 5.74) is 1.01. The van der Waals surface area contributed by atoms with Crippen molar-refractivity contribution in [1.82, 2.24) is 14.6 Å². The average molecular weight is 349 g/mol. The number of hydrogen-bond acceptors (Lipinski definition) is 5. The van der Waals surface area contributed by atoms with Crippen LogP contribution in [0, 0.1) is 0 Å². The second-order valence-corrected chi connectivity index (χ2v) is 8.09. The van der Waals surface area contributed by atoms with Crippen LogP contribution in [0.5, 0.6) is 0 Å². The number of aromatic nitrogens is 1. The Hall–Kier alpha value is -1.70. The number of oxazole rings is 1. The van der Waals surface area contributed by atoms with E-state index in [1.165, 1.54) is 6.26 Å². The summed E-state index contributed by atoms with van der Waals surface area (Å²) in [6, 6.07) is 10.0. The molecule has 0 aliphatic carbocycles. The van der Waals surface area contributed by atoms with Crippen molar-refractivity contribution in [2.45, 2.75) is 31.8 Å². The highest BCUT2D eigenvalue weighted by atomic mass is 32.2. The Morgan fingerprint density at radius 2 is 1.92 bits per heavy atom. The van der Waals surface area contributed by atoms with Crippen molar-refractivity contribution < 1.29 is 12.8 Å². The summed E-state index contributed by atoms with van der Waals surface area (Å²) in [5, 5.41) is 0. The molecule has 0 unspecified atom stereocenters. The molecule has 0 amide bonds. The molecule has 1 aromatic carbocycles. The summed E-state index contributed by atoms with van der Waals surface area (Å²) in [6.45, 7) is 3.71. The van der Waals surface area contributed by atoms with Crippen LogP contribution in [0.25, 0.3) is 11.3 Å². The van der Waals surface area contributed by atoms with Gasteiger partial charge in [0.15, 0.2) is 5.76 Å². The second kappa shape index (κ2) is 7.04. The van der Waals surface area contributed by atoms with Gasteiger partial charge in [-0.2, -0.15) is 0 Å². The van der Waals surface area contributed by atoms with Crippen molar-refractivity contribution in [1.29, 1.82) is 0 Å². The lowest BCUT2D eigenvalue weighted by atomic mass is 10.0. The summed E-state index contributed by atoms with van der Waals surface area (Å²) in [6.07, 6.45) is 4.56. The van der Waals surface area contributed by atoms with Crippen LogP contribution in [0.3, 0.4) is 0 Å². The molecule has 1 aromatic heterocycles. The van der Waals surface area contributed by atoms with Gasteiger partial charge in [0.1, 0.15) is 0 Å². The van der Waals surface area contributed by atoms with E-state index in [1.807, 2.05) is 30.3 Å². The fourth-order valence-corrected chi connectivity index (χ4v) is 3.92. The Labute approximate surface area is 142 Å². The van der Waals surface area contributed by atoms with Crippen LogP contribution < -0.4 is 4.72 Å². The van der Waals surface area contributed by atoms with Gasteiger partial charge in [-0.05, 0) is 19.8 Å². The first-order chi connectivity index (χ1) is 11.4. The van der Waals surface area contributed by atoms with E-state index >= 15 is 0 Å². The molecule has 0 radical (unpaired) electrons. The van der Waals surface area contributed by atoms with E-state index in [9.17, 15) is 8.42 Å². The maximum Gasteiger partial charge on any atom is 0.211 e. The molecular weight excluding hydrogens is 326 g/mol. The number of hydrogen-bond donors (Lipinski definition) is 1. The highest BCUT2D eigenvalue weighted by Gasteiger charge is 2.27. The third kappa shape index (κ3) is 4.23. The Bertz CT molecular complexity index is 765. The molecule has 0 saturated carbocycles. The van der Waals surface area contributed by atoms with E-state index in [0.717, 1.165) is 37.3 Å². The normalized spacial score (nSPS) is 18.6. The van der Waals surface area contributed by atoms with Crippen LogP contribution >= 0.6 is 0 Å². The van der Waals surface area contributed by atoms with Gasteiger partial charge in [0.25, 0.3) is 0 Å². The van der Waals surface area contributed by atoms with E-state index in [-0.39, 0.29) is 12.1 Å². The summed E-state index contributed by atoms with van der Waals surface area (Å²) in [5.74, 6) is 1.47. The molecule has 7 heteroatoms. The Kier molecular flexibility index (Phi) is 5.03. The van der Waals surface area contributed by atoms with Gasteiger partial charge >= 0.3 is 0 Å². The molecule has 6 nitrogen and oxygen atoms in total. The number of nitrogens with zero attached hydrogens (tertiary/aromatic N) is 2. The van der Waals surface area contributed by atoms with E-state index < -0.39 is 10.0 Å². The van der Waals surface area contributed by atoms with Crippen LogP contribution in [-0.2, 0) is 10.0 Å². The molecule has 130 valence electrons. The minimum Gasteiger partial charge on any atom is -0.439 e. The Morgan fingerprint density at radius 1 is 1.25 bits per heavy atom. The zero-order valence-electron chi connectivity index (χ0n) is 14.0. The van der Waals surface area contributed by atoms with Crippen molar-refractivity contribution in [2.75, 3.05) is 19.3 Å². The van der Waals surface area contributed by atoms with Gasteiger partial charge in [-0.25, -0.2) is 18.1 Å². The minimum absolute atomic E-state index is 0.0212. The smallest absolute Gasteiger partial charge is 0.211 e. The van der Waals surface area contributed by atoms with E-state index in [4.69, 9.17) is 4.42 Å². The molecule has 2 aromatic rings. The van der Waals surface area contributed by atoms with E-state index in [1.54, 1.807) is 6.20 Å². The Balaban J connectivity index is 1.62. The summed E-state index contributed by atoms with van der Waals surface area (Å²) < 4.78 is 31.3.